The van der Waals surface area contributed by atoms with E-state index in [1.807, 2.05) is 0 Å². The van der Waals surface area contributed by atoms with Crippen LogP contribution in [0.15, 0.2) is 30.3 Å². The number of piperazine rings is 1. The molecule has 0 aromatic heterocycles. The van der Waals surface area contributed by atoms with Crippen LogP contribution in [-0.2, 0) is 0 Å². The number of hydrogen-bond donors (Lipinski definition) is 1. The molecule has 0 spiro atoms. The first kappa shape index (κ1) is 13.5. The molecule has 3 heteroatoms. The monoisotopic (exact) mass is 247 g/mol. The summed E-state index contributed by atoms with van der Waals surface area (Å²) in [5.74, 6) is 0. The first-order valence-corrected chi connectivity index (χ1v) is 6.95. The van der Waals surface area contributed by atoms with Gasteiger partial charge in [0.15, 0.2) is 0 Å². The molecule has 0 saturated carbocycles. The Morgan fingerprint density at radius 3 is 2.56 bits per heavy atom. The lowest BCUT2D eigenvalue weighted by Gasteiger charge is -2.31. The lowest BCUT2D eigenvalue weighted by Crippen LogP contribution is -2.46. The summed E-state index contributed by atoms with van der Waals surface area (Å²) >= 11 is 0. The molecule has 0 aliphatic carbocycles. The third-order valence-corrected chi connectivity index (χ3v) is 3.92. The summed E-state index contributed by atoms with van der Waals surface area (Å²) in [5, 5.41) is 3.40. The van der Waals surface area contributed by atoms with Crippen LogP contribution in [-0.4, -0.2) is 56.1 Å². The topological polar surface area (TPSA) is 18.5 Å². The van der Waals surface area contributed by atoms with Crippen molar-refractivity contribution < 1.29 is 0 Å². The van der Waals surface area contributed by atoms with E-state index in [9.17, 15) is 0 Å². The molecule has 1 saturated heterocycles. The van der Waals surface area contributed by atoms with Crippen molar-refractivity contribution in [2.45, 2.75) is 13.0 Å². The van der Waals surface area contributed by atoms with Crippen molar-refractivity contribution in [3.8, 4) is 0 Å². The summed E-state index contributed by atoms with van der Waals surface area (Å²) in [7, 11) is 2.22. The molecule has 18 heavy (non-hydrogen) atoms. The first-order valence-electron chi connectivity index (χ1n) is 6.95. The number of nitrogens with zero attached hydrogens (tertiary/aromatic N) is 2. The zero-order chi connectivity index (χ0) is 12.8. The van der Waals surface area contributed by atoms with E-state index in [1.54, 1.807) is 0 Å². The molecular weight excluding hydrogens is 222 g/mol. The molecule has 1 aromatic rings. The Labute approximate surface area is 111 Å². The van der Waals surface area contributed by atoms with Gasteiger partial charge in [-0.1, -0.05) is 30.3 Å². The zero-order valence-corrected chi connectivity index (χ0v) is 11.6. The summed E-state index contributed by atoms with van der Waals surface area (Å²) in [4.78, 5) is 4.99. The number of benzene rings is 1. The molecule has 0 bridgehead atoms. The third kappa shape index (κ3) is 3.80. The highest BCUT2D eigenvalue weighted by Gasteiger charge is 2.14. The number of hydrogen-bond acceptors (Lipinski definition) is 3. The molecule has 0 amide bonds. The molecule has 100 valence electrons. The van der Waals surface area contributed by atoms with E-state index in [2.05, 4.69) is 59.4 Å². The molecule has 1 aliphatic heterocycles. The summed E-state index contributed by atoms with van der Waals surface area (Å²) < 4.78 is 0. The van der Waals surface area contributed by atoms with Crippen molar-refractivity contribution in [3.63, 3.8) is 0 Å². The van der Waals surface area contributed by atoms with E-state index in [4.69, 9.17) is 0 Å². The summed E-state index contributed by atoms with van der Waals surface area (Å²) in [5.41, 5.74) is 1.40. The van der Waals surface area contributed by atoms with Crippen LogP contribution in [0.25, 0.3) is 0 Å². The quantitative estimate of drug-likeness (QED) is 0.852. The molecule has 1 unspecified atom stereocenters. The van der Waals surface area contributed by atoms with Crippen LogP contribution in [0.3, 0.4) is 0 Å². The van der Waals surface area contributed by atoms with Crippen molar-refractivity contribution >= 4 is 0 Å². The molecule has 1 atom stereocenters. The van der Waals surface area contributed by atoms with Gasteiger partial charge in [0.25, 0.3) is 0 Å². The van der Waals surface area contributed by atoms with Gasteiger partial charge in [-0.15, -0.1) is 0 Å². The third-order valence-electron chi connectivity index (χ3n) is 3.92. The van der Waals surface area contributed by atoms with Gasteiger partial charge in [-0.3, -0.25) is 9.80 Å². The molecule has 0 radical (unpaired) electrons. The largest absolute Gasteiger partial charge is 0.314 e. The maximum atomic E-state index is 3.40. The Morgan fingerprint density at radius 2 is 1.89 bits per heavy atom. The number of rotatable bonds is 5. The molecule has 3 nitrogen and oxygen atoms in total. The van der Waals surface area contributed by atoms with Crippen LogP contribution in [0.2, 0.25) is 0 Å². The number of likely N-dealkylation sites (N-methyl/N-ethyl adjacent to an activating group) is 1. The minimum Gasteiger partial charge on any atom is -0.314 e. The van der Waals surface area contributed by atoms with Gasteiger partial charge in [-0.05, 0) is 19.5 Å². The van der Waals surface area contributed by atoms with Crippen LogP contribution in [0.4, 0.5) is 0 Å². The van der Waals surface area contributed by atoms with Gasteiger partial charge in [0.2, 0.25) is 0 Å². The highest BCUT2D eigenvalue weighted by Crippen LogP contribution is 2.17. The van der Waals surface area contributed by atoms with Crippen LogP contribution in [0.1, 0.15) is 18.5 Å². The van der Waals surface area contributed by atoms with E-state index >= 15 is 0 Å². The van der Waals surface area contributed by atoms with Gasteiger partial charge >= 0.3 is 0 Å². The fourth-order valence-corrected chi connectivity index (χ4v) is 2.41. The molecular formula is C15H25N3. The van der Waals surface area contributed by atoms with Gasteiger partial charge in [-0.25, -0.2) is 0 Å². The lowest BCUT2D eigenvalue weighted by molar-refractivity contribution is 0.183. The normalized spacial score (nSPS) is 19.1. The molecule has 1 N–H and O–H groups in total. The Kier molecular flexibility index (Phi) is 5.17. The van der Waals surface area contributed by atoms with Gasteiger partial charge in [-0.2, -0.15) is 0 Å². The standard InChI is InChI=1S/C15H25N3/c1-14(15-6-4-3-5-7-15)17(2)12-13-18-10-8-16-9-11-18/h3-7,14,16H,8-13H2,1-2H3. The minimum absolute atomic E-state index is 0.495. The van der Waals surface area contributed by atoms with Gasteiger partial charge < -0.3 is 5.32 Å². The van der Waals surface area contributed by atoms with E-state index in [0.29, 0.717) is 6.04 Å². The summed E-state index contributed by atoms with van der Waals surface area (Å²) in [6.07, 6.45) is 0. The Balaban J connectivity index is 1.78. The van der Waals surface area contributed by atoms with E-state index in [-0.39, 0.29) is 0 Å². The summed E-state index contributed by atoms with van der Waals surface area (Å²) in [6.45, 7) is 9.25. The maximum Gasteiger partial charge on any atom is 0.0317 e. The Hall–Kier alpha value is -0.900. The van der Waals surface area contributed by atoms with Crippen molar-refractivity contribution in [2.75, 3.05) is 46.3 Å². The molecule has 1 fully saturated rings. The lowest BCUT2D eigenvalue weighted by atomic mass is 10.1. The Bertz CT molecular complexity index is 333. The van der Waals surface area contributed by atoms with Gasteiger partial charge in [0.05, 0.1) is 0 Å². The minimum atomic E-state index is 0.495. The average Bonchev–Trinajstić information content (AvgIpc) is 2.46. The second kappa shape index (κ2) is 6.88. The van der Waals surface area contributed by atoms with E-state index in [0.717, 1.165) is 19.6 Å². The van der Waals surface area contributed by atoms with Crippen LogP contribution in [0.5, 0.6) is 0 Å². The predicted octanol–water partition coefficient (Wildman–Crippen LogP) is 1.58. The molecule has 1 aliphatic rings. The van der Waals surface area contributed by atoms with Crippen LogP contribution >= 0.6 is 0 Å². The maximum absolute atomic E-state index is 3.40. The fraction of sp³-hybridized carbons (Fsp3) is 0.600. The van der Waals surface area contributed by atoms with Crippen LogP contribution in [0, 0.1) is 0 Å². The average molecular weight is 247 g/mol. The first-order chi connectivity index (χ1) is 8.77. The highest BCUT2D eigenvalue weighted by molar-refractivity contribution is 5.18. The highest BCUT2D eigenvalue weighted by atomic mass is 15.2. The zero-order valence-electron chi connectivity index (χ0n) is 11.6. The molecule has 1 heterocycles. The van der Waals surface area contributed by atoms with Crippen LogP contribution < -0.4 is 5.32 Å². The van der Waals surface area contributed by atoms with Crippen molar-refractivity contribution in [2.24, 2.45) is 0 Å². The van der Waals surface area contributed by atoms with Gasteiger partial charge in [0.1, 0.15) is 0 Å². The van der Waals surface area contributed by atoms with Crippen molar-refractivity contribution in [1.82, 2.24) is 15.1 Å². The second-order valence-electron chi connectivity index (χ2n) is 5.16. The van der Waals surface area contributed by atoms with E-state index in [1.165, 1.54) is 25.2 Å². The molecule has 1 aromatic carbocycles. The molecule has 2 rings (SSSR count). The van der Waals surface area contributed by atoms with Crippen molar-refractivity contribution in [1.29, 1.82) is 0 Å². The smallest absolute Gasteiger partial charge is 0.0317 e. The van der Waals surface area contributed by atoms with Gasteiger partial charge in [0, 0.05) is 45.3 Å². The van der Waals surface area contributed by atoms with Crippen molar-refractivity contribution in [3.05, 3.63) is 35.9 Å². The SMILES string of the molecule is CC(c1ccccc1)N(C)CCN1CCNCC1. The fourth-order valence-electron chi connectivity index (χ4n) is 2.41. The summed E-state index contributed by atoms with van der Waals surface area (Å²) in [6, 6.07) is 11.2. The Morgan fingerprint density at radius 1 is 1.22 bits per heavy atom. The second-order valence-corrected chi connectivity index (χ2v) is 5.16. The predicted molar refractivity (Wildman–Crippen MR) is 76.8 cm³/mol. The van der Waals surface area contributed by atoms with E-state index < -0.39 is 0 Å². The number of nitrogens with one attached hydrogen (secondary N) is 1.